The Bertz CT molecular complexity index is 1050. The fourth-order valence-electron chi connectivity index (χ4n) is 4.53. The van der Waals surface area contributed by atoms with Crippen LogP contribution < -0.4 is 5.73 Å². The molecule has 0 amide bonds. The lowest BCUT2D eigenvalue weighted by atomic mass is 9.73. The van der Waals surface area contributed by atoms with Crippen molar-refractivity contribution >= 4 is 23.0 Å². The molecule has 4 rings (SSSR count). The highest BCUT2D eigenvalue weighted by Crippen LogP contribution is 2.53. The smallest absolute Gasteiger partial charge is 0.308 e. The first kappa shape index (κ1) is 23.4. The van der Waals surface area contributed by atoms with Crippen molar-refractivity contribution in [1.82, 2.24) is 19.5 Å². The van der Waals surface area contributed by atoms with Crippen LogP contribution in [0.15, 0.2) is 12.7 Å². The molecule has 0 aromatic carbocycles. The molecule has 0 radical (unpaired) electrons. The summed E-state index contributed by atoms with van der Waals surface area (Å²) in [6.07, 6.45) is 8.99. The summed E-state index contributed by atoms with van der Waals surface area (Å²) in [5.41, 5.74) is 6.38. The lowest BCUT2D eigenvalue weighted by molar-refractivity contribution is -0.203. The summed E-state index contributed by atoms with van der Waals surface area (Å²) in [6, 6.07) is 0. The van der Waals surface area contributed by atoms with Gasteiger partial charge in [-0.2, -0.15) is 0 Å². The summed E-state index contributed by atoms with van der Waals surface area (Å²) in [5.74, 6) is 2.81. The normalized spacial score (nSPS) is 30.2. The Morgan fingerprint density at radius 2 is 2.18 bits per heavy atom. The SMILES string of the molecule is C#C[C@]1(C)[C@@H]2C[C@H](OCC[C@H](C)C(=O)OC(C)C)OC[C@H]2O[C@H]1n1cnc2c(N)ncnc21. The molecule has 2 fully saturated rings. The molecule has 2 aliphatic rings. The average Bonchev–Trinajstić information content (AvgIpc) is 3.33. The summed E-state index contributed by atoms with van der Waals surface area (Å²) in [5, 5.41) is 0. The number of anilines is 1. The molecule has 4 heterocycles. The Kier molecular flexibility index (Phi) is 6.56. The fraction of sp³-hybridized carbons (Fsp3) is 0.652. The van der Waals surface area contributed by atoms with E-state index in [9.17, 15) is 4.79 Å². The van der Waals surface area contributed by atoms with Crippen molar-refractivity contribution in [3.63, 3.8) is 0 Å². The second kappa shape index (κ2) is 9.25. The second-order valence-corrected chi connectivity index (χ2v) is 9.19. The zero-order valence-electron chi connectivity index (χ0n) is 19.4. The van der Waals surface area contributed by atoms with Crippen molar-refractivity contribution in [3.8, 4) is 12.3 Å². The predicted octanol–water partition coefficient (Wildman–Crippen LogP) is 2.30. The molecule has 10 heteroatoms. The fourth-order valence-corrected chi connectivity index (χ4v) is 4.53. The van der Waals surface area contributed by atoms with E-state index in [0.717, 1.165) is 0 Å². The largest absolute Gasteiger partial charge is 0.463 e. The summed E-state index contributed by atoms with van der Waals surface area (Å²) < 4.78 is 25.3. The Morgan fingerprint density at radius 3 is 2.91 bits per heavy atom. The van der Waals surface area contributed by atoms with Crippen molar-refractivity contribution < 1.29 is 23.7 Å². The first-order chi connectivity index (χ1) is 15.7. The number of imidazole rings is 1. The van der Waals surface area contributed by atoms with Crippen molar-refractivity contribution in [2.75, 3.05) is 18.9 Å². The number of rotatable bonds is 7. The lowest BCUT2D eigenvalue weighted by Crippen LogP contribution is -2.41. The summed E-state index contributed by atoms with van der Waals surface area (Å²) in [6.45, 7) is 8.25. The van der Waals surface area contributed by atoms with Gasteiger partial charge < -0.3 is 24.7 Å². The van der Waals surface area contributed by atoms with Gasteiger partial charge >= 0.3 is 5.97 Å². The number of aromatic nitrogens is 4. The molecular weight excluding hydrogens is 426 g/mol. The molecule has 10 nitrogen and oxygen atoms in total. The minimum Gasteiger partial charge on any atom is -0.463 e. The quantitative estimate of drug-likeness (QED) is 0.493. The molecule has 178 valence electrons. The van der Waals surface area contributed by atoms with E-state index in [2.05, 4.69) is 20.9 Å². The van der Waals surface area contributed by atoms with Gasteiger partial charge in [-0.15, -0.1) is 6.42 Å². The lowest BCUT2D eigenvalue weighted by Gasteiger charge is -2.36. The van der Waals surface area contributed by atoms with Crippen LogP contribution in [-0.4, -0.2) is 57.2 Å². The van der Waals surface area contributed by atoms with E-state index in [1.54, 1.807) is 6.33 Å². The maximum Gasteiger partial charge on any atom is 0.308 e. The maximum absolute atomic E-state index is 12.0. The van der Waals surface area contributed by atoms with E-state index < -0.39 is 17.9 Å². The molecule has 0 spiro atoms. The number of nitrogens with zero attached hydrogens (tertiary/aromatic N) is 4. The van der Waals surface area contributed by atoms with E-state index in [1.165, 1.54) is 6.33 Å². The van der Waals surface area contributed by atoms with Gasteiger partial charge in [0.25, 0.3) is 0 Å². The third kappa shape index (κ3) is 4.40. The summed E-state index contributed by atoms with van der Waals surface area (Å²) in [4.78, 5) is 24.7. The Morgan fingerprint density at radius 1 is 1.39 bits per heavy atom. The monoisotopic (exact) mass is 457 g/mol. The van der Waals surface area contributed by atoms with Crippen molar-refractivity contribution in [2.24, 2.45) is 17.3 Å². The zero-order valence-corrected chi connectivity index (χ0v) is 19.4. The number of nitrogens with two attached hydrogens (primary N) is 1. The van der Waals surface area contributed by atoms with Crippen LogP contribution in [0, 0.1) is 29.6 Å². The van der Waals surface area contributed by atoms with Gasteiger partial charge in [-0.1, -0.05) is 12.8 Å². The van der Waals surface area contributed by atoms with Gasteiger partial charge in [0.2, 0.25) is 0 Å². The number of hydrogen-bond acceptors (Lipinski definition) is 9. The highest BCUT2D eigenvalue weighted by atomic mass is 16.7. The van der Waals surface area contributed by atoms with Gasteiger partial charge in [0.15, 0.2) is 24.0 Å². The molecule has 2 aromatic heterocycles. The van der Waals surface area contributed by atoms with Crippen molar-refractivity contribution in [1.29, 1.82) is 0 Å². The third-order valence-corrected chi connectivity index (χ3v) is 6.49. The molecule has 0 aliphatic carbocycles. The van der Waals surface area contributed by atoms with Crippen LogP contribution in [0.5, 0.6) is 0 Å². The molecular formula is C23H31N5O5. The summed E-state index contributed by atoms with van der Waals surface area (Å²) in [7, 11) is 0. The molecule has 0 saturated carbocycles. The van der Waals surface area contributed by atoms with Gasteiger partial charge in [-0.25, -0.2) is 15.0 Å². The predicted molar refractivity (Wildman–Crippen MR) is 119 cm³/mol. The standard InChI is InChI=1S/C23H31N5O5/c1-6-23(5)15-9-17(30-8-7-14(4)21(29)32-13(2)3)31-10-16(15)33-22(23)28-12-27-18-19(24)25-11-26-20(18)28/h1,11-17,22H,7-10H2,2-5H3,(H2,24,25,26)/t14-,15+,16+,17+,22+,23+/m0/s1. The number of hydrogen-bond donors (Lipinski definition) is 1. The Hall–Kier alpha value is -2.74. The van der Waals surface area contributed by atoms with E-state index in [0.29, 0.717) is 43.0 Å². The van der Waals surface area contributed by atoms with E-state index >= 15 is 0 Å². The van der Waals surface area contributed by atoms with Crippen LogP contribution in [0.25, 0.3) is 11.2 Å². The number of esters is 1. The molecule has 2 N–H and O–H groups in total. The van der Waals surface area contributed by atoms with Crippen LogP contribution in [0.2, 0.25) is 0 Å². The topological polar surface area (TPSA) is 124 Å². The molecule has 33 heavy (non-hydrogen) atoms. The molecule has 2 aromatic rings. The summed E-state index contributed by atoms with van der Waals surface area (Å²) >= 11 is 0. The minimum atomic E-state index is -0.641. The molecule has 0 bridgehead atoms. The highest BCUT2D eigenvalue weighted by molar-refractivity contribution is 5.81. The molecule has 6 atom stereocenters. The highest BCUT2D eigenvalue weighted by Gasteiger charge is 2.56. The molecule has 2 saturated heterocycles. The van der Waals surface area contributed by atoms with Crippen LogP contribution in [-0.2, 0) is 23.7 Å². The second-order valence-electron chi connectivity index (χ2n) is 9.19. The number of carbonyl (C=O) groups is 1. The minimum absolute atomic E-state index is 0.00575. The third-order valence-electron chi connectivity index (χ3n) is 6.49. The van der Waals surface area contributed by atoms with Crippen LogP contribution in [0.3, 0.4) is 0 Å². The number of carbonyl (C=O) groups excluding carboxylic acids is 1. The maximum atomic E-state index is 12.0. The molecule has 0 unspecified atom stereocenters. The van der Waals surface area contributed by atoms with Gasteiger partial charge in [-0.05, 0) is 27.2 Å². The molecule has 2 aliphatic heterocycles. The van der Waals surface area contributed by atoms with Crippen molar-refractivity contribution in [2.45, 2.75) is 65.3 Å². The number of ether oxygens (including phenoxy) is 4. The first-order valence-electron chi connectivity index (χ1n) is 11.2. The van der Waals surface area contributed by atoms with Crippen LogP contribution in [0.1, 0.15) is 46.8 Å². The van der Waals surface area contributed by atoms with Gasteiger partial charge in [-0.3, -0.25) is 9.36 Å². The van der Waals surface area contributed by atoms with Crippen LogP contribution >= 0.6 is 0 Å². The zero-order chi connectivity index (χ0) is 23.8. The average molecular weight is 458 g/mol. The Balaban J connectivity index is 1.43. The Labute approximate surface area is 193 Å². The van der Waals surface area contributed by atoms with E-state index in [-0.39, 0.29) is 30.0 Å². The van der Waals surface area contributed by atoms with Gasteiger partial charge in [0.05, 0.1) is 43.1 Å². The van der Waals surface area contributed by atoms with Gasteiger partial charge in [0.1, 0.15) is 11.8 Å². The van der Waals surface area contributed by atoms with Crippen molar-refractivity contribution in [3.05, 3.63) is 12.7 Å². The number of nitrogen functional groups attached to an aromatic ring is 1. The number of fused-ring (bicyclic) bond motifs is 2. The van der Waals surface area contributed by atoms with Crippen LogP contribution in [0.4, 0.5) is 5.82 Å². The van der Waals surface area contributed by atoms with E-state index in [1.807, 2.05) is 32.3 Å². The first-order valence-corrected chi connectivity index (χ1v) is 11.2. The van der Waals surface area contributed by atoms with E-state index in [4.69, 9.17) is 31.1 Å². The van der Waals surface area contributed by atoms with Gasteiger partial charge in [0, 0.05) is 12.3 Å². The number of terminal acetylenes is 1.